The third-order valence-corrected chi connectivity index (χ3v) is 2.80. The Hall–Kier alpha value is -1.69. The maximum Gasteiger partial charge on any atom is 0.163 e. The predicted octanol–water partition coefficient (Wildman–Crippen LogP) is -0.139. The SMILES string of the molecule is Cc1nn(C2CNC2)c2ncnc(N)c12. The van der Waals surface area contributed by atoms with Gasteiger partial charge in [-0.3, -0.25) is 0 Å². The molecule has 0 amide bonds. The molecule has 0 radical (unpaired) electrons. The van der Waals surface area contributed by atoms with Crippen LogP contribution in [0.5, 0.6) is 0 Å². The molecular weight excluding hydrogens is 192 g/mol. The van der Waals surface area contributed by atoms with Crippen molar-refractivity contribution in [1.29, 1.82) is 0 Å². The largest absolute Gasteiger partial charge is 0.383 e. The van der Waals surface area contributed by atoms with Crippen LogP contribution in [-0.2, 0) is 0 Å². The van der Waals surface area contributed by atoms with Crippen LogP contribution in [0.25, 0.3) is 11.0 Å². The van der Waals surface area contributed by atoms with Gasteiger partial charge in [0.2, 0.25) is 0 Å². The van der Waals surface area contributed by atoms with Gasteiger partial charge in [0.05, 0.1) is 17.1 Å². The van der Waals surface area contributed by atoms with Gasteiger partial charge in [0.1, 0.15) is 12.1 Å². The second-order valence-electron chi connectivity index (χ2n) is 3.80. The van der Waals surface area contributed by atoms with Crippen LogP contribution >= 0.6 is 0 Å². The number of fused-ring (bicyclic) bond motifs is 1. The molecule has 0 unspecified atom stereocenters. The number of anilines is 1. The van der Waals surface area contributed by atoms with Gasteiger partial charge in [-0.1, -0.05) is 0 Å². The number of hydrogen-bond acceptors (Lipinski definition) is 5. The van der Waals surface area contributed by atoms with Crippen molar-refractivity contribution in [3.63, 3.8) is 0 Å². The van der Waals surface area contributed by atoms with Crippen molar-refractivity contribution in [3.8, 4) is 0 Å². The molecule has 3 N–H and O–H groups in total. The lowest BCUT2D eigenvalue weighted by Crippen LogP contribution is -2.43. The first-order valence-electron chi connectivity index (χ1n) is 4.93. The lowest BCUT2D eigenvalue weighted by atomic mass is 10.2. The number of aromatic nitrogens is 4. The highest BCUT2D eigenvalue weighted by Gasteiger charge is 2.23. The summed E-state index contributed by atoms with van der Waals surface area (Å²) in [6, 6.07) is 0.399. The Kier molecular flexibility index (Phi) is 1.66. The minimum atomic E-state index is 0.399. The summed E-state index contributed by atoms with van der Waals surface area (Å²) in [6.45, 7) is 3.82. The number of nitrogens with two attached hydrogens (primary N) is 1. The molecule has 6 nitrogen and oxygen atoms in total. The van der Waals surface area contributed by atoms with Gasteiger partial charge in [0.25, 0.3) is 0 Å². The van der Waals surface area contributed by atoms with E-state index in [4.69, 9.17) is 5.73 Å². The van der Waals surface area contributed by atoms with Gasteiger partial charge < -0.3 is 11.1 Å². The van der Waals surface area contributed by atoms with Crippen LogP contribution in [0.15, 0.2) is 6.33 Å². The van der Waals surface area contributed by atoms with E-state index in [-0.39, 0.29) is 0 Å². The van der Waals surface area contributed by atoms with Gasteiger partial charge in [-0.2, -0.15) is 5.10 Å². The molecule has 0 aromatic carbocycles. The maximum absolute atomic E-state index is 5.81. The van der Waals surface area contributed by atoms with Crippen molar-refractivity contribution in [2.24, 2.45) is 0 Å². The van der Waals surface area contributed by atoms with Crippen LogP contribution in [0.2, 0.25) is 0 Å². The molecule has 1 fully saturated rings. The van der Waals surface area contributed by atoms with Gasteiger partial charge in [-0.05, 0) is 6.92 Å². The Morgan fingerprint density at radius 2 is 2.27 bits per heavy atom. The summed E-state index contributed by atoms with van der Waals surface area (Å²) >= 11 is 0. The zero-order valence-electron chi connectivity index (χ0n) is 8.44. The van der Waals surface area contributed by atoms with Crippen LogP contribution < -0.4 is 11.1 Å². The summed E-state index contributed by atoms with van der Waals surface area (Å²) in [4.78, 5) is 8.23. The van der Waals surface area contributed by atoms with Crippen LogP contribution in [-0.4, -0.2) is 32.8 Å². The quantitative estimate of drug-likeness (QED) is 0.675. The molecule has 15 heavy (non-hydrogen) atoms. The molecule has 3 heterocycles. The van der Waals surface area contributed by atoms with E-state index in [0.717, 1.165) is 29.8 Å². The van der Waals surface area contributed by atoms with Crippen molar-refractivity contribution >= 4 is 16.9 Å². The molecule has 2 aromatic heterocycles. The molecular formula is C9H12N6. The summed E-state index contributed by atoms with van der Waals surface area (Å²) in [7, 11) is 0. The van der Waals surface area contributed by atoms with Crippen molar-refractivity contribution in [2.75, 3.05) is 18.8 Å². The van der Waals surface area contributed by atoms with Gasteiger partial charge >= 0.3 is 0 Å². The highest BCUT2D eigenvalue weighted by atomic mass is 15.4. The topological polar surface area (TPSA) is 81.7 Å². The number of nitrogen functional groups attached to an aromatic ring is 1. The van der Waals surface area contributed by atoms with Gasteiger partial charge in [0.15, 0.2) is 5.65 Å². The van der Waals surface area contributed by atoms with Crippen molar-refractivity contribution in [3.05, 3.63) is 12.0 Å². The second-order valence-corrected chi connectivity index (χ2v) is 3.80. The average molecular weight is 204 g/mol. The molecule has 0 spiro atoms. The third kappa shape index (κ3) is 1.11. The first-order valence-corrected chi connectivity index (χ1v) is 4.93. The zero-order valence-corrected chi connectivity index (χ0v) is 8.44. The summed E-state index contributed by atoms with van der Waals surface area (Å²) in [6.07, 6.45) is 1.49. The Morgan fingerprint density at radius 1 is 1.47 bits per heavy atom. The molecule has 0 bridgehead atoms. The van der Waals surface area contributed by atoms with Crippen molar-refractivity contribution in [1.82, 2.24) is 25.1 Å². The van der Waals surface area contributed by atoms with Crippen LogP contribution in [0.3, 0.4) is 0 Å². The van der Waals surface area contributed by atoms with Crippen molar-refractivity contribution < 1.29 is 0 Å². The number of nitrogens with zero attached hydrogens (tertiary/aromatic N) is 4. The first-order chi connectivity index (χ1) is 7.27. The third-order valence-electron chi connectivity index (χ3n) is 2.80. The first kappa shape index (κ1) is 8.60. The Balaban J connectivity index is 2.27. The number of nitrogens with one attached hydrogen (secondary N) is 1. The molecule has 0 atom stereocenters. The van der Waals surface area contributed by atoms with E-state index in [1.807, 2.05) is 11.6 Å². The summed E-state index contributed by atoms with van der Waals surface area (Å²) < 4.78 is 1.94. The fourth-order valence-corrected chi connectivity index (χ4v) is 1.87. The molecule has 0 aliphatic carbocycles. The number of rotatable bonds is 1. The molecule has 3 rings (SSSR count). The smallest absolute Gasteiger partial charge is 0.163 e. The summed E-state index contributed by atoms with van der Waals surface area (Å²) in [5.74, 6) is 0.510. The van der Waals surface area contributed by atoms with E-state index < -0.39 is 0 Å². The second kappa shape index (κ2) is 2.90. The minimum Gasteiger partial charge on any atom is -0.383 e. The predicted molar refractivity (Wildman–Crippen MR) is 56.4 cm³/mol. The lowest BCUT2D eigenvalue weighted by Gasteiger charge is -2.27. The van der Waals surface area contributed by atoms with Crippen LogP contribution in [0.1, 0.15) is 11.7 Å². The standard InChI is InChI=1S/C9H12N6/c1-5-7-8(10)12-4-13-9(7)15(14-5)6-2-11-3-6/h4,6,11H,2-3H2,1H3,(H2,10,12,13). The molecule has 1 aliphatic rings. The van der Waals surface area contributed by atoms with Crippen LogP contribution in [0.4, 0.5) is 5.82 Å². The normalized spacial score (nSPS) is 16.9. The minimum absolute atomic E-state index is 0.399. The number of hydrogen-bond donors (Lipinski definition) is 2. The molecule has 1 saturated heterocycles. The summed E-state index contributed by atoms with van der Waals surface area (Å²) in [5.41, 5.74) is 7.55. The van der Waals surface area contributed by atoms with E-state index in [9.17, 15) is 0 Å². The van der Waals surface area contributed by atoms with Gasteiger partial charge in [-0.25, -0.2) is 14.6 Å². The zero-order chi connectivity index (χ0) is 10.4. The van der Waals surface area contributed by atoms with E-state index >= 15 is 0 Å². The summed E-state index contributed by atoms with van der Waals surface area (Å²) in [5, 5.41) is 8.56. The van der Waals surface area contributed by atoms with E-state index in [2.05, 4.69) is 20.4 Å². The lowest BCUT2D eigenvalue weighted by molar-refractivity contribution is 0.324. The van der Waals surface area contributed by atoms with Crippen LogP contribution in [0, 0.1) is 6.92 Å². The average Bonchev–Trinajstić information content (AvgIpc) is 2.43. The Bertz CT molecular complexity index is 513. The molecule has 1 aliphatic heterocycles. The molecule has 78 valence electrons. The Labute approximate surface area is 86.5 Å². The van der Waals surface area contributed by atoms with E-state index in [1.165, 1.54) is 6.33 Å². The Morgan fingerprint density at radius 3 is 2.93 bits per heavy atom. The number of aryl methyl sites for hydroxylation is 1. The van der Waals surface area contributed by atoms with Gasteiger partial charge in [0, 0.05) is 13.1 Å². The highest BCUT2D eigenvalue weighted by Crippen LogP contribution is 2.24. The molecule has 0 saturated carbocycles. The fourth-order valence-electron chi connectivity index (χ4n) is 1.87. The van der Waals surface area contributed by atoms with E-state index in [1.54, 1.807) is 0 Å². The highest BCUT2D eigenvalue weighted by molar-refractivity contribution is 5.87. The van der Waals surface area contributed by atoms with Crippen molar-refractivity contribution in [2.45, 2.75) is 13.0 Å². The monoisotopic (exact) mass is 204 g/mol. The fraction of sp³-hybridized carbons (Fsp3) is 0.444. The molecule has 6 heteroatoms. The molecule has 2 aromatic rings. The van der Waals surface area contributed by atoms with E-state index in [0.29, 0.717) is 11.9 Å². The van der Waals surface area contributed by atoms with Gasteiger partial charge in [-0.15, -0.1) is 0 Å². The maximum atomic E-state index is 5.81.